The highest BCUT2D eigenvalue weighted by atomic mass is 79.9. The van der Waals surface area contributed by atoms with Crippen molar-refractivity contribution in [1.82, 2.24) is 4.98 Å². The molecule has 7 heteroatoms. The fraction of sp³-hybridized carbons (Fsp3) is 0.167. The van der Waals surface area contributed by atoms with Gasteiger partial charge in [-0.1, -0.05) is 41.1 Å². The molecular weight excluding hydrogens is 474 g/mol. The van der Waals surface area contributed by atoms with Gasteiger partial charge < -0.3 is 15.1 Å². The van der Waals surface area contributed by atoms with E-state index in [1.54, 1.807) is 23.5 Å². The van der Waals surface area contributed by atoms with Crippen molar-refractivity contribution in [3.05, 3.63) is 98.9 Å². The van der Waals surface area contributed by atoms with Crippen LogP contribution in [0.25, 0.3) is 0 Å². The van der Waals surface area contributed by atoms with E-state index in [9.17, 15) is 4.79 Å². The average Bonchev–Trinajstić information content (AvgIpc) is 3.42. The number of nitrogens with zero attached hydrogens (tertiary/aromatic N) is 1. The minimum atomic E-state index is -0.266. The number of benzene rings is 1. The lowest BCUT2D eigenvalue weighted by Gasteiger charge is -2.21. The number of aryl methyl sites for hydroxylation is 2. The summed E-state index contributed by atoms with van der Waals surface area (Å²) in [6, 6.07) is 19.4. The molecule has 31 heavy (non-hydrogen) atoms. The van der Waals surface area contributed by atoms with E-state index < -0.39 is 0 Å². The largest absolute Gasteiger partial charge is 0.459 e. The van der Waals surface area contributed by atoms with Crippen molar-refractivity contribution in [2.24, 2.45) is 0 Å². The maximum absolute atomic E-state index is 12.7. The molecule has 0 saturated carbocycles. The molecule has 0 radical (unpaired) electrons. The lowest BCUT2D eigenvalue weighted by Crippen LogP contribution is -2.17. The Morgan fingerprint density at radius 3 is 2.71 bits per heavy atom. The number of amides is 1. The van der Waals surface area contributed by atoms with Gasteiger partial charge in [-0.05, 0) is 61.4 Å². The number of carbonyl (C=O) groups excluding carboxylic acids is 1. The first kappa shape index (κ1) is 21.3. The fourth-order valence-corrected chi connectivity index (χ4v) is 4.76. The third-order valence-electron chi connectivity index (χ3n) is 4.81. The predicted octanol–water partition coefficient (Wildman–Crippen LogP) is 6.82. The molecule has 1 amide bonds. The molecule has 2 N–H and O–H groups in total. The van der Waals surface area contributed by atoms with E-state index in [0.717, 1.165) is 38.5 Å². The minimum absolute atomic E-state index is 0.199. The molecule has 4 aromatic rings. The van der Waals surface area contributed by atoms with E-state index in [4.69, 9.17) is 4.42 Å². The zero-order chi connectivity index (χ0) is 21.8. The minimum Gasteiger partial charge on any atom is -0.459 e. The van der Waals surface area contributed by atoms with Gasteiger partial charge in [-0.25, -0.2) is 4.98 Å². The van der Waals surface area contributed by atoms with Crippen LogP contribution >= 0.6 is 27.3 Å². The maximum Gasteiger partial charge on any atom is 0.291 e. The molecule has 3 heterocycles. The summed E-state index contributed by atoms with van der Waals surface area (Å²) in [7, 11) is 0. The molecule has 4 rings (SSSR count). The van der Waals surface area contributed by atoms with Crippen LogP contribution in [0.5, 0.6) is 0 Å². The second kappa shape index (κ2) is 9.49. The van der Waals surface area contributed by atoms with E-state index in [1.807, 2.05) is 37.3 Å². The van der Waals surface area contributed by atoms with Gasteiger partial charge in [0.1, 0.15) is 10.8 Å². The Labute approximate surface area is 193 Å². The summed E-state index contributed by atoms with van der Waals surface area (Å²) >= 11 is 5.16. The summed E-state index contributed by atoms with van der Waals surface area (Å²) in [6.07, 6.45) is 2.37. The summed E-state index contributed by atoms with van der Waals surface area (Å²) in [5.41, 5.74) is 2.98. The monoisotopic (exact) mass is 495 g/mol. The Balaban J connectivity index is 1.76. The van der Waals surface area contributed by atoms with Crippen molar-refractivity contribution in [3.63, 3.8) is 0 Å². The van der Waals surface area contributed by atoms with Gasteiger partial charge in [-0.15, -0.1) is 11.3 Å². The zero-order valence-electron chi connectivity index (χ0n) is 17.2. The van der Waals surface area contributed by atoms with Crippen LogP contribution < -0.4 is 10.6 Å². The van der Waals surface area contributed by atoms with E-state index >= 15 is 0 Å². The number of pyridine rings is 1. The van der Waals surface area contributed by atoms with Crippen molar-refractivity contribution in [3.8, 4) is 0 Å². The second-order valence-corrected chi connectivity index (χ2v) is 9.13. The summed E-state index contributed by atoms with van der Waals surface area (Å²) in [5, 5.41) is 7.40. The van der Waals surface area contributed by atoms with Crippen molar-refractivity contribution < 1.29 is 9.21 Å². The molecular formula is C24H22BrN3O2S. The molecule has 5 nitrogen and oxygen atoms in total. The maximum atomic E-state index is 12.7. The molecule has 3 aromatic heterocycles. The van der Waals surface area contributed by atoms with Gasteiger partial charge in [0, 0.05) is 20.6 Å². The first-order valence-corrected chi connectivity index (χ1v) is 11.6. The molecule has 1 atom stereocenters. The summed E-state index contributed by atoms with van der Waals surface area (Å²) in [6.45, 7) is 4.07. The highest BCUT2D eigenvalue weighted by Gasteiger charge is 2.23. The Morgan fingerprint density at radius 1 is 1.16 bits per heavy atom. The second-order valence-electron chi connectivity index (χ2n) is 7.08. The van der Waals surface area contributed by atoms with E-state index in [0.29, 0.717) is 0 Å². The van der Waals surface area contributed by atoms with Crippen LogP contribution in [0.1, 0.15) is 45.2 Å². The van der Waals surface area contributed by atoms with Crippen LogP contribution in [0.3, 0.4) is 0 Å². The molecule has 0 aliphatic rings. The smallest absolute Gasteiger partial charge is 0.291 e. The molecule has 0 aliphatic carbocycles. The van der Waals surface area contributed by atoms with Crippen molar-refractivity contribution in [2.45, 2.75) is 26.3 Å². The number of rotatable bonds is 7. The Bertz CT molecular complexity index is 1190. The first-order chi connectivity index (χ1) is 15.0. The lowest BCUT2D eigenvalue weighted by molar-refractivity contribution is 0.0997. The third kappa shape index (κ3) is 5.06. The molecule has 0 aliphatic heterocycles. The Hall–Kier alpha value is -2.90. The quantitative estimate of drug-likeness (QED) is 0.295. The normalized spacial score (nSPS) is 11.8. The average molecular weight is 496 g/mol. The number of furan rings is 1. The lowest BCUT2D eigenvalue weighted by atomic mass is 9.99. The van der Waals surface area contributed by atoms with Gasteiger partial charge in [0.25, 0.3) is 5.91 Å². The molecule has 158 valence electrons. The number of carbonyl (C=O) groups is 1. The van der Waals surface area contributed by atoms with Crippen LogP contribution in [0.2, 0.25) is 0 Å². The van der Waals surface area contributed by atoms with Crippen LogP contribution in [-0.2, 0) is 6.42 Å². The van der Waals surface area contributed by atoms with Crippen molar-refractivity contribution >= 4 is 44.0 Å². The highest BCUT2D eigenvalue weighted by Crippen LogP contribution is 2.38. The number of halogens is 1. The summed E-state index contributed by atoms with van der Waals surface area (Å²) in [5.74, 6) is 0.791. The topological polar surface area (TPSA) is 67.2 Å². The highest BCUT2D eigenvalue weighted by molar-refractivity contribution is 9.10. The van der Waals surface area contributed by atoms with Crippen LogP contribution in [0.4, 0.5) is 10.8 Å². The Kier molecular flexibility index (Phi) is 6.53. The number of thiophene rings is 1. The van der Waals surface area contributed by atoms with Gasteiger partial charge in [0.2, 0.25) is 0 Å². The SMILES string of the molecule is CCc1cc([C@@H](Nc2cccc(C)n2)c2cccc(Br)c2)c(NC(=O)c2ccco2)s1. The van der Waals surface area contributed by atoms with Gasteiger partial charge in [0.05, 0.1) is 12.3 Å². The van der Waals surface area contributed by atoms with Crippen LogP contribution in [0.15, 0.2) is 75.8 Å². The van der Waals surface area contributed by atoms with E-state index in [-0.39, 0.29) is 17.7 Å². The summed E-state index contributed by atoms with van der Waals surface area (Å²) in [4.78, 5) is 18.5. The van der Waals surface area contributed by atoms with E-state index in [2.05, 4.69) is 56.7 Å². The fourth-order valence-electron chi connectivity index (χ4n) is 3.32. The van der Waals surface area contributed by atoms with Gasteiger partial charge in [-0.2, -0.15) is 0 Å². The van der Waals surface area contributed by atoms with Gasteiger partial charge in [0.15, 0.2) is 5.76 Å². The standard InChI is InChI=1S/C24H22BrN3O2S/c1-3-18-14-19(24(31-18)28-23(29)20-10-6-12-30-20)22(16-8-5-9-17(25)13-16)27-21-11-4-7-15(2)26-21/h4-14,22H,3H2,1-2H3,(H,26,27)(H,28,29)/t22-/m0/s1. The van der Waals surface area contributed by atoms with Crippen molar-refractivity contribution in [2.75, 3.05) is 10.6 Å². The third-order valence-corrected chi connectivity index (χ3v) is 6.51. The summed E-state index contributed by atoms with van der Waals surface area (Å²) < 4.78 is 6.26. The van der Waals surface area contributed by atoms with E-state index in [1.165, 1.54) is 11.1 Å². The number of nitrogens with one attached hydrogen (secondary N) is 2. The number of anilines is 2. The molecule has 0 fully saturated rings. The van der Waals surface area contributed by atoms with Gasteiger partial charge >= 0.3 is 0 Å². The molecule has 0 saturated heterocycles. The molecule has 0 bridgehead atoms. The number of aromatic nitrogens is 1. The van der Waals surface area contributed by atoms with Crippen LogP contribution in [0, 0.1) is 6.92 Å². The first-order valence-electron chi connectivity index (χ1n) is 9.96. The van der Waals surface area contributed by atoms with Crippen LogP contribution in [-0.4, -0.2) is 10.9 Å². The molecule has 0 spiro atoms. The Morgan fingerprint density at radius 2 is 2.00 bits per heavy atom. The van der Waals surface area contributed by atoms with Crippen molar-refractivity contribution in [1.29, 1.82) is 0 Å². The molecule has 0 unspecified atom stereocenters. The zero-order valence-corrected chi connectivity index (χ0v) is 19.6. The molecule has 1 aromatic carbocycles. The number of hydrogen-bond donors (Lipinski definition) is 2. The van der Waals surface area contributed by atoms with Gasteiger partial charge in [-0.3, -0.25) is 4.79 Å². The predicted molar refractivity (Wildman–Crippen MR) is 129 cm³/mol. The number of hydrogen-bond acceptors (Lipinski definition) is 5.